The van der Waals surface area contributed by atoms with Crippen LogP contribution in [0.3, 0.4) is 0 Å². The normalized spacial score (nSPS) is 11.6. The van der Waals surface area contributed by atoms with Gasteiger partial charge in [0.05, 0.1) is 27.8 Å². The van der Waals surface area contributed by atoms with Crippen LogP contribution in [-0.4, -0.2) is 9.13 Å². The molecule has 314 valence electrons. The number of para-hydroxylation sites is 4. The largest absolute Gasteiger partial charge is 0.310 e. The van der Waals surface area contributed by atoms with E-state index in [-0.39, 0.29) is 0 Å². The minimum atomic E-state index is 1.06. The van der Waals surface area contributed by atoms with E-state index in [4.69, 9.17) is 0 Å². The molecule has 2 aromatic heterocycles. The molecule has 0 saturated heterocycles. The fraction of sp³-hybridized carbons (Fsp3) is 0. The molecule has 0 saturated carbocycles. The van der Waals surface area contributed by atoms with Crippen molar-refractivity contribution in [2.45, 2.75) is 0 Å². The number of anilines is 3. The van der Waals surface area contributed by atoms with Gasteiger partial charge in [-0.3, -0.25) is 0 Å². The molecule has 2 heterocycles. The van der Waals surface area contributed by atoms with Crippen molar-refractivity contribution in [3.63, 3.8) is 0 Å². The number of rotatable bonds is 8. The smallest absolute Gasteiger partial charge is 0.0561 e. The molecule has 0 unspecified atom stereocenters. The predicted molar refractivity (Wildman–Crippen MR) is 284 cm³/mol. The third kappa shape index (κ3) is 6.43. The topological polar surface area (TPSA) is 13.1 Å². The Morgan fingerprint density at radius 1 is 0.269 bits per heavy atom. The van der Waals surface area contributed by atoms with E-state index in [0.717, 1.165) is 39.5 Å². The Labute approximate surface area is 389 Å². The van der Waals surface area contributed by atoms with Gasteiger partial charge < -0.3 is 14.0 Å². The van der Waals surface area contributed by atoms with Crippen molar-refractivity contribution in [2.75, 3.05) is 4.90 Å². The van der Waals surface area contributed by atoms with Crippen LogP contribution in [0.5, 0.6) is 0 Å². The number of hydrogen-bond donors (Lipinski definition) is 0. The standard InChI is InChI=1S/C64H43N3/c1-4-19-44(20-5-1)47-37-40-62-58(41-47)56-39-38-51(43-63(56)66(62)48-25-8-3-9-26-48)65(49-27-18-28-50(42-49)67-60-35-14-10-29-53(60)54-30-11-15-36-61(54)67)59-34-13-12-31-55(59)57-33-17-24-46-23-16-32-52(64(46)57)45-21-6-2-7-22-45/h1-43H. The van der Waals surface area contributed by atoms with Crippen molar-refractivity contribution in [1.29, 1.82) is 0 Å². The maximum absolute atomic E-state index is 2.47. The Bertz CT molecular complexity index is 3920. The zero-order valence-electron chi connectivity index (χ0n) is 36.7. The van der Waals surface area contributed by atoms with Crippen LogP contribution >= 0.6 is 0 Å². The molecular formula is C64H43N3. The lowest BCUT2D eigenvalue weighted by molar-refractivity contribution is 1.17. The molecule has 0 atom stereocenters. The highest BCUT2D eigenvalue weighted by Crippen LogP contribution is 2.47. The van der Waals surface area contributed by atoms with Gasteiger partial charge in [-0.05, 0) is 111 Å². The van der Waals surface area contributed by atoms with Gasteiger partial charge in [-0.25, -0.2) is 0 Å². The van der Waals surface area contributed by atoms with E-state index >= 15 is 0 Å². The third-order valence-electron chi connectivity index (χ3n) is 13.5. The average molecular weight is 854 g/mol. The molecule has 13 rings (SSSR count). The van der Waals surface area contributed by atoms with Gasteiger partial charge in [-0.1, -0.05) is 188 Å². The molecule has 0 N–H and O–H groups in total. The fourth-order valence-electron chi connectivity index (χ4n) is 10.5. The van der Waals surface area contributed by atoms with Crippen molar-refractivity contribution in [1.82, 2.24) is 9.13 Å². The quantitative estimate of drug-likeness (QED) is 0.148. The Hall–Kier alpha value is -8.92. The van der Waals surface area contributed by atoms with Crippen molar-refractivity contribution < 1.29 is 0 Å². The van der Waals surface area contributed by atoms with Crippen molar-refractivity contribution >= 4 is 71.4 Å². The first kappa shape index (κ1) is 38.5. The minimum Gasteiger partial charge on any atom is -0.310 e. The summed E-state index contributed by atoms with van der Waals surface area (Å²) in [5, 5.41) is 7.34. The second-order valence-electron chi connectivity index (χ2n) is 17.3. The van der Waals surface area contributed by atoms with E-state index in [1.54, 1.807) is 0 Å². The number of benzene rings is 11. The molecule has 0 radical (unpaired) electrons. The van der Waals surface area contributed by atoms with Gasteiger partial charge in [-0.15, -0.1) is 0 Å². The van der Waals surface area contributed by atoms with E-state index in [1.807, 2.05) is 0 Å². The summed E-state index contributed by atoms with van der Waals surface area (Å²) in [6.07, 6.45) is 0. The number of hydrogen-bond acceptors (Lipinski definition) is 1. The third-order valence-corrected chi connectivity index (χ3v) is 13.5. The molecule has 67 heavy (non-hydrogen) atoms. The molecule has 0 aliphatic heterocycles. The number of fused-ring (bicyclic) bond motifs is 7. The summed E-state index contributed by atoms with van der Waals surface area (Å²) in [5.74, 6) is 0. The van der Waals surface area contributed by atoms with Crippen LogP contribution in [0.25, 0.3) is 99.1 Å². The first-order valence-corrected chi connectivity index (χ1v) is 23.0. The van der Waals surface area contributed by atoms with Crippen LogP contribution in [0.1, 0.15) is 0 Å². The second kappa shape index (κ2) is 16.0. The lowest BCUT2D eigenvalue weighted by Gasteiger charge is -2.29. The van der Waals surface area contributed by atoms with Gasteiger partial charge in [-0.2, -0.15) is 0 Å². The molecule has 0 aliphatic rings. The van der Waals surface area contributed by atoms with Crippen LogP contribution in [0.4, 0.5) is 17.1 Å². The zero-order valence-corrected chi connectivity index (χ0v) is 36.7. The summed E-state index contributed by atoms with van der Waals surface area (Å²) in [5.41, 5.74) is 17.3. The summed E-state index contributed by atoms with van der Waals surface area (Å²) in [6.45, 7) is 0. The molecule has 0 bridgehead atoms. The maximum atomic E-state index is 2.47. The van der Waals surface area contributed by atoms with Gasteiger partial charge >= 0.3 is 0 Å². The van der Waals surface area contributed by atoms with Gasteiger partial charge in [0.2, 0.25) is 0 Å². The van der Waals surface area contributed by atoms with Gasteiger partial charge in [0.1, 0.15) is 0 Å². The Morgan fingerprint density at radius 2 is 0.806 bits per heavy atom. The molecule has 0 spiro atoms. The summed E-state index contributed by atoms with van der Waals surface area (Å²) in [4.78, 5) is 2.47. The van der Waals surface area contributed by atoms with Crippen LogP contribution in [0.15, 0.2) is 261 Å². The summed E-state index contributed by atoms with van der Waals surface area (Å²) in [6, 6.07) is 95.1. The van der Waals surface area contributed by atoms with Gasteiger partial charge in [0.15, 0.2) is 0 Å². The molecule has 0 aliphatic carbocycles. The molecule has 0 amide bonds. The van der Waals surface area contributed by atoms with E-state index < -0.39 is 0 Å². The van der Waals surface area contributed by atoms with Crippen molar-refractivity contribution in [2.24, 2.45) is 0 Å². The van der Waals surface area contributed by atoms with Crippen LogP contribution in [0, 0.1) is 0 Å². The molecule has 13 aromatic rings. The van der Waals surface area contributed by atoms with Crippen molar-refractivity contribution in [3.05, 3.63) is 261 Å². The predicted octanol–water partition coefficient (Wildman–Crippen LogP) is 17.5. The van der Waals surface area contributed by atoms with E-state index in [9.17, 15) is 0 Å². The summed E-state index contributed by atoms with van der Waals surface area (Å²) < 4.78 is 4.84. The number of aromatic nitrogens is 2. The Kier molecular flexibility index (Phi) is 9.17. The SMILES string of the molecule is c1ccc(-c2ccc3c(c2)c2ccc(N(c4cccc(-n5c6ccccc6c6ccccc65)c4)c4ccccc4-c4cccc5cccc(-c6ccccc6)c45)cc2n3-c2ccccc2)cc1. The van der Waals surface area contributed by atoms with E-state index in [1.165, 1.54) is 76.7 Å². The first-order valence-electron chi connectivity index (χ1n) is 23.0. The number of nitrogens with zero attached hydrogens (tertiary/aromatic N) is 3. The van der Waals surface area contributed by atoms with Crippen LogP contribution in [0.2, 0.25) is 0 Å². The summed E-state index contributed by atoms with van der Waals surface area (Å²) in [7, 11) is 0. The second-order valence-corrected chi connectivity index (χ2v) is 17.3. The average Bonchev–Trinajstić information content (AvgIpc) is 3.92. The highest BCUT2D eigenvalue weighted by Gasteiger charge is 2.23. The van der Waals surface area contributed by atoms with Crippen molar-refractivity contribution in [3.8, 4) is 44.8 Å². The molecule has 3 heteroatoms. The van der Waals surface area contributed by atoms with Crippen LogP contribution < -0.4 is 4.90 Å². The van der Waals surface area contributed by atoms with Gasteiger partial charge in [0.25, 0.3) is 0 Å². The Morgan fingerprint density at radius 3 is 1.55 bits per heavy atom. The molecule has 11 aromatic carbocycles. The minimum absolute atomic E-state index is 1.06. The van der Waals surface area contributed by atoms with Crippen LogP contribution in [-0.2, 0) is 0 Å². The van der Waals surface area contributed by atoms with Gasteiger partial charge in [0, 0.05) is 49.9 Å². The first-order chi connectivity index (χ1) is 33.3. The maximum Gasteiger partial charge on any atom is 0.0561 e. The highest BCUT2D eigenvalue weighted by molar-refractivity contribution is 6.13. The molecule has 3 nitrogen and oxygen atoms in total. The van der Waals surface area contributed by atoms with E-state index in [2.05, 4.69) is 275 Å². The summed E-state index contributed by atoms with van der Waals surface area (Å²) >= 11 is 0. The zero-order chi connectivity index (χ0) is 44.3. The lowest BCUT2D eigenvalue weighted by atomic mass is 9.90. The van der Waals surface area contributed by atoms with E-state index in [0.29, 0.717) is 0 Å². The molecule has 0 fully saturated rings. The monoisotopic (exact) mass is 853 g/mol. The Balaban J connectivity index is 1.09. The molecular weight excluding hydrogens is 811 g/mol. The highest BCUT2D eigenvalue weighted by atomic mass is 15.2. The lowest BCUT2D eigenvalue weighted by Crippen LogP contribution is -2.12. The fourth-order valence-corrected chi connectivity index (χ4v) is 10.5.